The molecule has 0 bridgehead atoms. The number of ether oxygens (including phenoxy) is 1. The molecule has 0 aromatic rings. The Balaban J connectivity index is 2.50. The first-order valence-corrected chi connectivity index (χ1v) is 6.71. The zero-order valence-electron chi connectivity index (χ0n) is 12.5. The number of carbonyl (C=O) groups excluding carboxylic acids is 2. The van der Waals surface area contributed by atoms with Crippen molar-refractivity contribution in [1.82, 2.24) is 10.2 Å². The van der Waals surface area contributed by atoms with Crippen LogP contribution in [0, 0.1) is 11.8 Å². The van der Waals surface area contributed by atoms with Crippen LogP contribution in [-0.4, -0.2) is 65.4 Å². The summed E-state index contributed by atoms with van der Waals surface area (Å²) in [4.78, 5) is 35.6. The molecule has 1 aliphatic heterocycles. The van der Waals surface area contributed by atoms with Crippen molar-refractivity contribution in [3.05, 3.63) is 0 Å². The van der Waals surface area contributed by atoms with Crippen molar-refractivity contribution in [3.8, 4) is 0 Å². The highest BCUT2D eigenvalue weighted by molar-refractivity contribution is 5.78. The Hall–Kier alpha value is -1.83. The van der Waals surface area contributed by atoms with Crippen LogP contribution in [0.25, 0.3) is 0 Å². The lowest BCUT2D eigenvalue weighted by molar-refractivity contribution is -0.146. The molecule has 1 saturated heterocycles. The predicted molar refractivity (Wildman–Crippen MR) is 72.5 cm³/mol. The minimum Gasteiger partial charge on any atom is -0.481 e. The summed E-state index contributed by atoms with van der Waals surface area (Å²) in [5, 5.41) is 21.0. The van der Waals surface area contributed by atoms with Gasteiger partial charge in [0.15, 0.2) is 0 Å². The molecule has 3 atom stereocenters. The third-order valence-corrected chi connectivity index (χ3v) is 3.56. The van der Waals surface area contributed by atoms with E-state index < -0.39 is 24.0 Å². The van der Waals surface area contributed by atoms with Crippen LogP contribution in [0.2, 0.25) is 0 Å². The number of aliphatic hydroxyl groups is 1. The fourth-order valence-electron chi connectivity index (χ4n) is 2.36. The van der Waals surface area contributed by atoms with Gasteiger partial charge >= 0.3 is 18.0 Å². The molecule has 120 valence electrons. The Morgan fingerprint density at radius 2 is 2.00 bits per heavy atom. The van der Waals surface area contributed by atoms with E-state index in [9.17, 15) is 19.5 Å². The molecule has 0 spiro atoms. The van der Waals surface area contributed by atoms with Gasteiger partial charge < -0.3 is 25.2 Å². The van der Waals surface area contributed by atoms with Gasteiger partial charge in [-0.25, -0.2) is 4.79 Å². The van der Waals surface area contributed by atoms with Crippen molar-refractivity contribution in [2.45, 2.75) is 25.9 Å². The third kappa shape index (κ3) is 4.89. The number of carbonyl (C=O) groups is 3. The second-order valence-corrected chi connectivity index (χ2v) is 5.74. The topological polar surface area (TPSA) is 116 Å². The Morgan fingerprint density at radius 3 is 2.52 bits per heavy atom. The molecule has 0 aliphatic carbocycles. The van der Waals surface area contributed by atoms with Crippen molar-refractivity contribution in [2.24, 2.45) is 11.8 Å². The first-order valence-electron chi connectivity index (χ1n) is 6.71. The number of carboxylic acid groups (broad SMARTS) is 1. The SMILES string of the molecule is COC(=O)C1CN(C(=O)NCC(C)(O)CC(=O)O)CC1C. The molecular formula is C13H22N2O6. The van der Waals surface area contributed by atoms with Gasteiger partial charge in [0.2, 0.25) is 0 Å². The number of likely N-dealkylation sites (tertiary alicyclic amines) is 1. The first-order chi connectivity index (χ1) is 9.66. The van der Waals surface area contributed by atoms with Crippen LogP contribution in [0.4, 0.5) is 4.79 Å². The van der Waals surface area contributed by atoms with Crippen LogP contribution in [0.15, 0.2) is 0 Å². The highest BCUT2D eigenvalue weighted by atomic mass is 16.5. The number of methoxy groups -OCH3 is 1. The standard InChI is InChI=1S/C13H22N2O6/c1-8-5-15(6-9(8)11(18)21-3)12(19)14-7-13(2,20)4-10(16)17/h8-9,20H,4-7H2,1-3H3,(H,14,19)(H,16,17). The van der Waals surface area contributed by atoms with Crippen molar-refractivity contribution in [3.63, 3.8) is 0 Å². The fourth-order valence-corrected chi connectivity index (χ4v) is 2.36. The van der Waals surface area contributed by atoms with Crippen LogP contribution < -0.4 is 5.32 Å². The molecular weight excluding hydrogens is 280 g/mol. The number of hydrogen-bond acceptors (Lipinski definition) is 5. The summed E-state index contributed by atoms with van der Waals surface area (Å²) in [7, 11) is 1.31. The largest absolute Gasteiger partial charge is 0.481 e. The number of carboxylic acids is 1. The average molecular weight is 302 g/mol. The van der Waals surface area contributed by atoms with Crippen LogP contribution in [-0.2, 0) is 14.3 Å². The number of esters is 1. The lowest BCUT2D eigenvalue weighted by Crippen LogP contribution is -2.47. The molecule has 1 heterocycles. The summed E-state index contributed by atoms with van der Waals surface area (Å²) in [6.45, 7) is 3.68. The quantitative estimate of drug-likeness (QED) is 0.598. The number of rotatable bonds is 5. The molecule has 3 unspecified atom stereocenters. The summed E-state index contributed by atoms with van der Waals surface area (Å²) in [5.74, 6) is -1.87. The molecule has 8 nitrogen and oxygen atoms in total. The molecule has 21 heavy (non-hydrogen) atoms. The molecule has 1 fully saturated rings. The van der Waals surface area contributed by atoms with Gasteiger partial charge in [-0.2, -0.15) is 0 Å². The van der Waals surface area contributed by atoms with Crippen molar-refractivity contribution in [1.29, 1.82) is 0 Å². The van der Waals surface area contributed by atoms with Crippen LogP contribution in [0.5, 0.6) is 0 Å². The molecule has 8 heteroatoms. The normalized spacial score (nSPS) is 24.3. The number of amides is 2. The van der Waals surface area contributed by atoms with Gasteiger partial charge in [-0.1, -0.05) is 6.92 Å². The van der Waals surface area contributed by atoms with E-state index in [2.05, 4.69) is 10.1 Å². The highest BCUT2D eigenvalue weighted by Crippen LogP contribution is 2.24. The maximum atomic E-state index is 12.0. The lowest BCUT2D eigenvalue weighted by Gasteiger charge is -2.24. The maximum absolute atomic E-state index is 12.0. The third-order valence-electron chi connectivity index (χ3n) is 3.56. The molecule has 0 aromatic carbocycles. The molecule has 3 N–H and O–H groups in total. The van der Waals surface area contributed by atoms with Crippen molar-refractivity contribution < 1.29 is 29.3 Å². The maximum Gasteiger partial charge on any atom is 0.317 e. The van der Waals surface area contributed by atoms with E-state index in [4.69, 9.17) is 5.11 Å². The monoisotopic (exact) mass is 302 g/mol. The van der Waals surface area contributed by atoms with Crippen molar-refractivity contribution in [2.75, 3.05) is 26.7 Å². The Bertz CT molecular complexity index is 423. The van der Waals surface area contributed by atoms with Gasteiger partial charge in [-0.05, 0) is 12.8 Å². The second kappa shape index (κ2) is 6.75. The zero-order valence-corrected chi connectivity index (χ0v) is 12.5. The smallest absolute Gasteiger partial charge is 0.317 e. The number of nitrogens with one attached hydrogen (secondary N) is 1. The summed E-state index contributed by atoms with van der Waals surface area (Å²) in [6.07, 6.45) is -0.464. The molecule has 0 radical (unpaired) electrons. The van der Waals surface area contributed by atoms with E-state index in [0.717, 1.165) is 0 Å². The Kier molecular flexibility index (Phi) is 5.54. The zero-order chi connectivity index (χ0) is 16.2. The van der Waals surface area contributed by atoms with E-state index in [-0.39, 0.29) is 30.9 Å². The second-order valence-electron chi connectivity index (χ2n) is 5.74. The average Bonchev–Trinajstić information content (AvgIpc) is 2.76. The van der Waals surface area contributed by atoms with Gasteiger partial charge in [0.1, 0.15) is 0 Å². The molecule has 0 aromatic heterocycles. The first kappa shape index (κ1) is 17.2. The van der Waals surface area contributed by atoms with Crippen molar-refractivity contribution >= 4 is 18.0 Å². The number of urea groups is 1. The van der Waals surface area contributed by atoms with Gasteiger partial charge in [-0.15, -0.1) is 0 Å². The van der Waals surface area contributed by atoms with E-state index >= 15 is 0 Å². The summed E-state index contributed by atoms with van der Waals surface area (Å²) in [5.41, 5.74) is -1.52. The number of nitrogens with zero attached hydrogens (tertiary/aromatic N) is 1. The Labute approximate surface area is 123 Å². The molecule has 0 saturated carbocycles. The summed E-state index contributed by atoms with van der Waals surface area (Å²) >= 11 is 0. The molecule has 2 amide bonds. The van der Waals surface area contributed by atoms with E-state index in [0.29, 0.717) is 6.54 Å². The molecule has 1 rings (SSSR count). The minimum absolute atomic E-state index is 0.0114. The summed E-state index contributed by atoms with van der Waals surface area (Å²) < 4.78 is 4.69. The van der Waals surface area contributed by atoms with Crippen LogP contribution in [0.1, 0.15) is 20.3 Å². The summed E-state index contributed by atoms with van der Waals surface area (Å²) in [6, 6.07) is -0.432. The lowest BCUT2D eigenvalue weighted by atomic mass is 9.99. The minimum atomic E-state index is -1.52. The van der Waals surface area contributed by atoms with E-state index in [1.165, 1.54) is 18.9 Å². The molecule has 1 aliphatic rings. The van der Waals surface area contributed by atoms with Gasteiger partial charge in [0, 0.05) is 19.6 Å². The number of aliphatic carboxylic acids is 1. The van der Waals surface area contributed by atoms with Crippen LogP contribution in [0.3, 0.4) is 0 Å². The van der Waals surface area contributed by atoms with Gasteiger partial charge in [0.25, 0.3) is 0 Å². The Morgan fingerprint density at radius 1 is 1.38 bits per heavy atom. The van der Waals surface area contributed by atoms with Crippen LogP contribution >= 0.6 is 0 Å². The predicted octanol–water partition coefficient (Wildman–Crippen LogP) is -0.337. The highest BCUT2D eigenvalue weighted by Gasteiger charge is 2.38. The fraction of sp³-hybridized carbons (Fsp3) is 0.769. The number of hydrogen-bond donors (Lipinski definition) is 3. The van der Waals surface area contributed by atoms with Gasteiger partial charge in [-0.3, -0.25) is 9.59 Å². The van der Waals surface area contributed by atoms with E-state index in [1.54, 1.807) is 0 Å². The van der Waals surface area contributed by atoms with E-state index in [1.807, 2.05) is 6.92 Å². The van der Waals surface area contributed by atoms with Gasteiger partial charge in [0.05, 0.1) is 25.0 Å².